The maximum Gasteiger partial charge on any atom is 0.326 e. The van der Waals surface area contributed by atoms with Gasteiger partial charge in [-0.2, -0.15) is 0 Å². The monoisotopic (exact) mass is 272 g/mol. The van der Waals surface area contributed by atoms with Gasteiger partial charge in [-0.1, -0.05) is 0 Å². The highest BCUT2D eigenvalue weighted by Crippen LogP contribution is 2.22. The molecule has 0 aromatic heterocycles. The lowest BCUT2D eigenvalue weighted by molar-refractivity contribution is -0.141. The second-order valence-electron chi connectivity index (χ2n) is 5.10. The Morgan fingerprint density at radius 2 is 1.89 bits per heavy atom. The molecule has 2 aliphatic heterocycles. The van der Waals surface area contributed by atoms with Gasteiger partial charge >= 0.3 is 12.0 Å². The van der Waals surface area contributed by atoms with E-state index in [9.17, 15) is 14.7 Å². The van der Waals surface area contributed by atoms with Crippen LogP contribution in [0.2, 0.25) is 0 Å². The van der Waals surface area contributed by atoms with Gasteiger partial charge in [0.15, 0.2) is 0 Å². The first-order valence-electron chi connectivity index (χ1n) is 6.52. The molecule has 0 aliphatic carbocycles. The summed E-state index contributed by atoms with van der Waals surface area (Å²) in [6, 6.07) is -1.21. The Kier molecular flexibility index (Phi) is 4.26. The predicted molar refractivity (Wildman–Crippen MR) is 65.8 cm³/mol. The van der Waals surface area contributed by atoms with Crippen molar-refractivity contribution < 1.29 is 24.5 Å². The number of methoxy groups -OCH3 is 1. The first-order chi connectivity index (χ1) is 9.02. The predicted octanol–water partition coefficient (Wildman–Crippen LogP) is -0.263. The highest BCUT2D eigenvalue weighted by molar-refractivity contribution is 5.83. The first-order valence-corrected chi connectivity index (χ1v) is 6.52. The standard InChI is InChI=1S/C12H20N2O5/c1-19-9-2-4-13(5-3-9)12(18)14-7-8(15)6-10(14)11(16)17/h8-10,15H,2-7H2,1H3,(H,16,17)/t8?,10-/m0/s1. The molecule has 0 aromatic carbocycles. The summed E-state index contributed by atoms with van der Waals surface area (Å²) in [5.41, 5.74) is 0. The fourth-order valence-electron chi connectivity index (χ4n) is 2.72. The molecule has 2 saturated heterocycles. The van der Waals surface area contributed by atoms with Gasteiger partial charge < -0.3 is 24.7 Å². The molecule has 1 unspecified atom stereocenters. The largest absolute Gasteiger partial charge is 0.480 e. The van der Waals surface area contributed by atoms with Crippen molar-refractivity contribution in [3.8, 4) is 0 Å². The van der Waals surface area contributed by atoms with Crippen molar-refractivity contribution >= 4 is 12.0 Å². The molecule has 2 aliphatic rings. The van der Waals surface area contributed by atoms with E-state index >= 15 is 0 Å². The van der Waals surface area contributed by atoms with Crippen LogP contribution in [-0.2, 0) is 9.53 Å². The summed E-state index contributed by atoms with van der Waals surface area (Å²) in [6.07, 6.45) is 1.05. The van der Waals surface area contributed by atoms with Crippen LogP contribution in [0.3, 0.4) is 0 Å². The molecule has 0 radical (unpaired) electrons. The zero-order valence-electron chi connectivity index (χ0n) is 11.0. The number of carbonyl (C=O) groups excluding carboxylic acids is 1. The molecule has 0 saturated carbocycles. The molecule has 2 atom stereocenters. The van der Waals surface area contributed by atoms with Gasteiger partial charge in [-0.3, -0.25) is 0 Å². The number of amides is 2. The van der Waals surface area contributed by atoms with Gasteiger partial charge in [-0.15, -0.1) is 0 Å². The zero-order chi connectivity index (χ0) is 14.0. The molecule has 108 valence electrons. The molecule has 7 nitrogen and oxygen atoms in total. The van der Waals surface area contributed by atoms with Crippen LogP contribution < -0.4 is 0 Å². The SMILES string of the molecule is COC1CCN(C(=O)N2CC(O)C[C@H]2C(=O)O)CC1. The van der Waals surface area contributed by atoms with Crippen molar-refractivity contribution in [2.75, 3.05) is 26.7 Å². The molecule has 7 heteroatoms. The third-order valence-electron chi connectivity index (χ3n) is 3.86. The minimum Gasteiger partial charge on any atom is -0.480 e. The topological polar surface area (TPSA) is 90.3 Å². The molecule has 19 heavy (non-hydrogen) atoms. The number of β-amino-alcohol motifs (C(OH)–C–C–N with tert-alkyl or cyclic N) is 1. The molecule has 2 heterocycles. The Hall–Kier alpha value is -1.34. The Balaban J connectivity index is 1.97. The van der Waals surface area contributed by atoms with Crippen molar-refractivity contribution in [1.82, 2.24) is 9.80 Å². The number of carboxylic acids is 1. The lowest BCUT2D eigenvalue weighted by Crippen LogP contribution is -2.51. The van der Waals surface area contributed by atoms with Crippen LogP contribution in [0.1, 0.15) is 19.3 Å². The van der Waals surface area contributed by atoms with Gasteiger partial charge in [0.1, 0.15) is 6.04 Å². The Morgan fingerprint density at radius 3 is 2.42 bits per heavy atom. The number of nitrogens with zero attached hydrogens (tertiary/aromatic N) is 2. The Labute approximate surface area is 111 Å². The molecular formula is C12H20N2O5. The fourth-order valence-corrected chi connectivity index (χ4v) is 2.72. The number of aliphatic hydroxyl groups excluding tert-OH is 1. The Morgan fingerprint density at radius 1 is 1.26 bits per heavy atom. The van der Waals surface area contributed by atoms with Crippen molar-refractivity contribution in [2.45, 2.75) is 37.5 Å². The van der Waals surface area contributed by atoms with Crippen molar-refractivity contribution in [1.29, 1.82) is 0 Å². The quantitative estimate of drug-likeness (QED) is 0.722. The van der Waals surface area contributed by atoms with Crippen LogP contribution in [-0.4, -0.2) is 77.0 Å². The van der Waals surface area contributed by atoms with Gasteiger partial charge in [0.2, 0.25) is 0 Å². The molecule has 2 rings (SSSR count). The van der Waals surface area contributed by atoms with Crippen LogP contribution >= 0.6 is 0 Å². The summed E-state index contributed by atoms with van der Waals surface area (Å²) >= 11 is 0. The molecule has 2 N–H and O–H groups in total. The number of likely N-dealkylation sites (tertiary alicyclic amines) is 2. The number of hydrogen-bond acceptors (Lipinski definition) is 4. The van der Waals surface area contributed by atoms with E-state index in [-0.39, 0.29) is 25.1 Å². The average Bonchev–Trinajstić information content (AvgIpc) is 2.80. The summed E-state index contributed by atoms with van der Waals surface area (Å²) in [5.74, 6) is -1.06. The number of ether oxygens (including phenoxy) is 1. The second kappa shape index (κ2) is 5.75. The average molecular weight is 272 g/mol. The molecule has 0 aromatic rings. The van der Waals surface area contributed by atoms with E-state index in [2.05, 4.69) is 0 Å². The lowest BCUT2D eigenvalue weighted by atomic mass is 10.1. The number of carboxylic acid groups (broad SMARTS) is 1. The number of urea groups is 1. The number of carbonyl (C=O) groups is 2. The Bertz CT molecular complexity index is 354. The molecule has 0 bridgehead atoms. The second-order valence-corrected chi connectivity index (χ2v) is 5.10. The summed E-state index contributed by atoms with van der Waals surface area (Å²) < 4.78 is 5.24. The maximum atomic E-state index is 12.3. The normalized spacial score (nSPS) is 28.7. The first kappa shape index (κ1) is 14.1. The van der Waals surface area contributed by atoms with Crippen molar-refractivity contribution in [3.05, 3.63) is 0 Å². The number of aliphatic hydroxyl groups is 1. The van der Waals surface area contributed by atoms with Crippen LogP contribution in [0.25, 0.3) is 0 Å². The summed E-state index contributed by atoms with van der Waals surface area (Å²) in [5, 5.41) is 18.6. The molecule has 0 spiro atoms. The third kappa shape index (κ3) is 2.98. The van der Waals surface area contributed by atoms with E-state index in [1.165, 1.54) is 4.90 Å². The zero-order valence-corrected chi connectivity index (χ0v) is 11.0. The summed E-state index contributed by atoms with van der Waals surface area (Å²) in [4.78, 5) is 26.3. The van der Waals surface area contributed by atoms with Crippen LogP contribution in [0.5, 0.6) is 0 Å². The van der Waals surface area contributed by atoms with E-state index in [1.54, 1.807) is 12.0 Å². The number of rotatable bonds is 2. The fraction of sp³-hybridized carbons (Fsp3) is 0.833. The van der Waals surface area contributed by atoms with E-state index in [4.69, 9.17) is 9.84 Å². The minimum atomic E-state index is -1.06. The van der Waals surface area contributed by atoms with Gasteiger partial charge in [0, 0.05) is 33.2 Å². The summed E-state index contributed by atoms with van der Waals surface area (Å²) in [7, 11) is 1.65. The maximum absolute atomic E-state index is 12.3. The van der Waals surface area contributed by atoms with Crippen LogP contribution in [0.15, 0.2) is 0 Å². The number of piperidine rings is 1. The van der Waals surface area contributed by atoms with E-state index in [0.717, 1.165) is 12.8 Å². The number of aliphatic carboxylic acids is 1. The van der Waals surface area contributed by atoms with Crippen molar-refractivity contribution in [3.63, 3.8) is 0 Å². The van der Waals surface area contributed by atoms with Gasteiger partial charge in [0.25, 0.3) is 0 Å². The van der Waals surface area contributed by atoms with Crippen LogP contribution in [0.4, 0.5) is 4.79 Å². The highest BCUT2D eigenvalue weighted by atomic mass is 16.5. The lowest BCUT2D eigenvalue weighted by Gasteiger charge is -2.35. The molecule has 2 amide bonds. The summed E-state index contributed by atoms with van der Waals surface area (Å²) in [6.45, 7) is 1.23. The smallest absolute Gasteiger partial charge is 0.326 e. The van der Waals surface area contributed by atoms with E-state index in [0.29, 0.717) is 13.1 Å². The molecular weight excluding hydrogens is 252 g/mol. The van der Waals surface area contributed by atoms with Gasteiger partial charge in [-0.25, -0.2) is 9.59 Å². The van der Waals surface area contributed by atoms with Crippen LogP contribution in [0, 0.1) is 0 Å². The van der Waals surface area contributed by atoms with E-state index < -0.39 is 18.1 Å². The third-order valence-corrected chi connectivity index (χ3v) is 3.86. The molecule has 2 fully saturated rings. The highest BCUT2D eigenvalue weighted by Gasteiger charge is 2.41. The van der Waals surface area contributed by atoms with Crippen molar-refractivity contribution in [2.24, 2.45) is 0 Å². The van der Waals surface area contributed by atoms with Gasteiger partial charge in [0.05, 0.1) is 12.2 Å². The number of hydrogen-bond donors (Lipinski definition) is 2. The van der Waals surface area contributed by atoms with E-state index in [1.807, 2.05) is 0 Å². The minimum absolute atomic E-state index is 0.0972. The van der Waals surface area contributed by atoms with Gasteiger partial charge in [-0.05, 0) is 12.8 Å².